The summed E-state index contributed by atoms with van der Waals surface area (Å²) >= 11 is 0. The number of sulfonamides is 1. The third-order valence-corrected chi connectivity index (χ3v) is 5.89. The minimum Gasteiger partial charge on any atom is -0.496 e. The van der Waals surface area contributed by atoms with Crippen LogP contribution >= 0.6 is 24.0 Å². The van der Waals surface area contributed by atoms with Gasteiger partial charge in [0.15, 0.2) is 5.96 Å². The first-order chi connectivity index (χ1) is 12.4. The van der Waals surface area contributed by atoms with Crippen molar-refractivity contribution in [3.8, 4) is 5.75 Å². The maximum Gasteiger partial charge on any atom is 0.213 e. The van der Waals surface area contributed by atoms with Gasteiger partial charge >= 0.3 is 0 Å². The highest BCUT2D eigenvalue weighted by atomic mass is 127. The van der Waals surface area contributed by atoms with Crippen molar-refractivity contribution in [2.75, 3.05) is 46.6 Å². The highest BCUT2D eigenvalue weighted by Crippen LogP contribution is 2.18. The van der Waals surface area contributed by atoms with Crippen molar-refractivity contribution in [3.63, 3.8) is 0 Å². The van der Waals surface area contributed by atoms with E-state index in [2.05, 4.69) is 10.3 Å². The largest absolute Gasteiger partial charge is 0.496 e. The molecule has 0 unspecified atom stereocenters. The molecule has 0 bridgehead atoms. The summed E-state index contributed by atoms with van der Waals surface area (Å²) in [4.78, 5) is 6.65. The molecule has 1 N–H and O–H groups in total. The molecule has 0 aliphatic carbocycles. The Morgan fingerprint density at radius 1 is 1.22 bits per heavy atom. The number of ether oxygens (including phenoxy) is 1. The quantitative estimate of drug-likeness (QED) is 0.226. The molecule has 156 valence electrons. The zero-order chi connectivity index (χ0) is 19.6. The molecule has 0 fully saturated rings. The Morgan fingerprint density at radius 3 is 2.48 bits per heavy atom. The van der Waals surface area contributed by atoms with Gasteiger partial charge in [0, 0.05) is 45.8 Å². The van der Waals surface area contributed by atoms with Crippen molar-refractivity contribution in [2.45, 2.75) is 26.8 Å². The summed E-state index contributed by atoms with van der Waals surface area (Å²) in [6.45, 7) is 6.13. The average Bonchev–Trinajstić information content (AvgIpc) is 2.64. The molecule has 7 nitrogen and oxygen atoms in total. The number of nitrogens with zero attached hydrogens (tertiary/aromatic N) is 3. The number of aliphatic imine (C=N–C) groups is 1. The number of rotatable bonds is 10. The van der Waals surface area contributed by atoms with Crippen molar-refractivity contribution < 1.29 is 13.2 Å². The first-order valence-electron chi connectivity index (χ1n) is 8.91. The summed E-state index contributed by atoms with van der Waals surface area (Å²) in [7, 11) is 2.12. The molecular formula is C18H33IN4O3S. The van der Waals surface area contributed by atoms with E-state index < -0.39 is 10.0 Å². The van der Waals surface area contributed by atoms with Crippen LogP contribution in [0.1, 0.15) is 25.8 Å². The van der Waals surface area contributed by atoms with Crippen LogP contribution in [0.3, 0.4) is 0 Å². The van der Waals surface area contributed by atoms with Crippen molar-refractivity contribution in [1.29, 1.82) is 0 Å². The normalized spacial score (nSPS) is 11.9. The van der Waals surface area contributed by atoms with Crippen LogP contribution in [0.2, 0.25) is 0 Å². The molecule has 0 atom stereocenters. The monoisotopic (exact) mass is 512 g/mol. The fourth-order valence-corrected chi connectivity index (χ4v) is 3.32. The standard InChI is InChI=1S/C18H32N4O3S.HI/c1-6-19-18(20-13-10-14-22(4)26(23,24)7-2)21(3)15-16-11-8-9-12-17(16)25-5;/h8-9,11-12H,6-7,10,13-15H2,1-5H3,(H,19,20);1H. The van der Waals surface area contributed by atoms with Crippen LogP contribution in [0.25, 0.3) is 0 Å². The molecule has 9 heteroatoms. The van der Waals surface area contributed by atoms with Crippen molar-refractivity contribution in [2.24, 2.45) is 4.99 Å². The summed E-state index contributed by atoms with van der Waals surface area (Å²) in [5, 5.41) is 3.27. The van der Waals surface area contributed by atoms with E-state index in [-0.39, 0.29) is 29.7 Å². The number of benzene rings is 1. The number of para-hydroxylation sites is 1. The van der Waals surface area contributed by atoms with E-state index in [9.17, 15) is 8.42 Å². The highest BCUT2D eigenvalue weighted by molar-refractivity contribution is 14.0. The molecule has 0 saturated heterocycles. The lowest BCUT2D eigenvalue weighted by Crippen LogP contribution is -2.38. The molecule has 0 aliphatic rings. The van der Waals surface area contributed by atoms with E-state index in [1.807, 2.05) is 43.1 Å². The number of halogens is 1. The van der Waals surface area contributed by atoms with Crippen LogP contribution in [-0.2, 0) is 16.6 Å². The Balaban J connectivity index is 0.00000676. The Hall–Kier alpha value is -1.07. The first kappa shape index (κ1) is 25.9. The van der Waals surface area contributed by atoms with Crippen LogP contribution in [0, 0.1) is 0 Å². The lowest BCUT2D eigenvalue weighted by molar-refractivity contribution is 0.396. The third kappa shape index (κ3) is 8.65. The van der Waals surface area contributed by atoms with Gasteiger partial charge in [-0.25, -0.2) is 12.7 Å². The van der Waals surface area contributed by atoms with Crippen LogP contribution in [-0.4, -0.2) is 70.2 Å². The van der Waals surface area contributed by atoms with Crippen LogP contribution < -0.4 is 10.1 Å². The summed E-state index contributed by atoms with van der Waals surface area (Å²) in [6.07, 6.45) is 0.674. The topological polar surface area (TPSA) is 74.2 Å². The van der Waals surface area contributed by atoms with Gasteiger partial charge < -0.3 is 15.0 Å². The number of hydrogen-bond acceptors (Lipinski definition) is 4. The number of guanidine groups is 1. The number of nitrogens with one attached hydrogen (secondary N) is 1. The summed E-state index contributed by atoms with van der Waals surface area (Å²) in [5.74, 6) is 1.76. The summed E-state index contributed by atoms with van der Waals surface area (Å²) in [6, 6.07) is 7.91. The zero-order valence-electron chi connectivity index (χ0n) is 16.9. The molecule has 1 aromatic carbocycles. The zero-order valence-corrected chi connectivity index (χ0v) is 20.1. The summed E-state index contributed by atoms with van der Waals surface area (Å²) < 4.78 is 30.3. The molecule has 0 radical (unpaired) electrons. The van der Waals surface area contributed by atoms with E-state index in [1.54, 1.807) is 21.1 Å². The van der Waals surface area contributed by atoms with Gasteiger partial charge in [-0.3, -0.25) is 4.99 Å². The molecule has 27 heavy (non-hydrogen) atoms. The first-order valence-corrected chi connectivity index (χ1v) is 10.5. The molecule has 0 aliphatic heterocycles. The smallest absolute Gasteiger partial charge is 0.213 e. The van der Waals surface area contributed by atoms with E-state index in [0.717, 1.165) is 23.8 Å². The fourth-order valence-electron chi connectivity index (χ4n) is 2.47. The van der Waals surface area contributed by atoms with Gasteiger partial charge in [-0.15, -0.1) is 24.0 Å². The van der Waals surface area contributed by atoms with Gasteiger partial charge in [-0.05, 0) is 26.3 Å². The SMILES string of the molecule is CCNC(=NCCCN(C)S(=O)(=O)CC)N(C)Cc1ccccc1OC.I. The fraction of sp³-hybridized carbons (Fsp3) is 0.611. The maximum atomic E-state index is 11.8. The molecule has 1 rings (SSSR count). The molecule has 0 amide bonds. The Morgan fingerprint density at radius 2 is 1.89 bits per heavy atom. The molecule has 0 aromatic heterocycles. The molecule has 0 saturated carbocycles. The van der Waals surface area contributed by atoms with Gasteiger partial charge in [-0.1, -0.05) is 18.2 Å². The van der Waals surface area contributed by atoms with Crippen molar-refractivity contribution in [3.05, 3.63) is 29.8 Å². The Labute approximate surface area is 181 Å². The van der Waals surface area contributed by atoms with Gasteiger partial charge in [0.25, 0.3) is 0 Å². The molecule has 0 spiro atoms. The van der Waals surface area contributed by atoms with Gasteiger partial charge in [0.05, 0.1) is 12.9 Å². The van der Waals surface area contributed by atoms with E-state index in [0.29, 0.717) is 26.1 Å². The van der Waals surface area contributed by atoms with Crippen LogP contribution in [0.15, 0.2) is 29.3 Å². The Kier molecular flexibility index (Phi) is 12.6. The molecule has 0 heterocycles. The van der Waals surface area contributed by atoms with Crippen molar-refractivity contribution in [1.82, 2.24) is 14.5 Å². The third-order valence-electron chi connectivity index (χ3n) is 4.03. The second-order valence-electron chi connectivity index (χ2n) is 5.98. The average molecular weight is 512 g/mol. The van der Waals surface area contributed by atoms with Gasteiger partial charge in [-0.2, -0.15) is 0 Å². The number of hydrogen-bond donors (Lipinski definition) is 1. The van der Waals surface area contributed by atoms with E-state index in [4.69, 9.17) is 4.74 Å². The molecule has 1 aromatic rings. The minimum atomic E-state index is -3.13. The van der Waals surface area contributed by atoms with Gasteiger partial charge in [0.1, 0.15) is 5.75 Å². The van der Waals surface area contributed by atoms with Crippen LogP contribution in [0.4, 0.5) is 0 Å². The Bertz CT molecular complexity index is 683. The maximum absolute atomic E-state index is 11.8. The highest BCUT2D eigenvalue weighted by Gasteiger charge is 2.14. The predicted molar refractivity (Wildman–Crippen MR) is 123 cm³/mol. The van der Waals surface area contributed by atoms with Crippen LogP contribution in [0.5, 0.6) is 5.75 Å². The second-order valence-corrected chi connectivity index (χ2v) is 8.34. The van der Waals surface area contributed by atoms with Gasteiger partial charge in [0.2, 0.25) is 10.0 Å². The van der Waals surface area contributed by atoms with E-state index >= 15 is 0 Å². The lowest BCUT2D eigenvalue weighted by atomic mass is 10.2. The summed E-state index contributed by atoms with van der Waals surface area (Å²) in [5.41, 5.74) is 1.08. The van der Waals surface area contributed by atoms with E-state index in [1.165, 1.54) is 4.31 Å². The minimum absolute atomic E-state index is 0. The molecular weight excluding hydrogens is 479 g/mol. The van der Waals surface area contributed by atoms with Crippen molar-refractivity contribution >= 4 is 40.0 Å². The predicted octanol–water partition coefficient (Wildman–Crippen LogP) is 2.38. The second kappa shape index (κ2) is 13.2. The number of methoxy groups -OCH3 is 1. The lowest BCUT2D eigenvalue weighted by Gasteiger charge is -2.23.